The van der Waals surface area contributed by atoms with E-state index < -0.39 is 40.2 Å². The molecule has 1 aromatic heterocycles. The molecule has 0 saturated heterocycles. The number of carbonyl (C=O) groups is 1. The lowest BCUT2D eigenvalue weighted by atomic mass is 10.2. The third-order valence-electron chi connectivity index (χ3n) is 2.94. The van der Waals surface area contributed by atoms with Gasteiger partial charge in [-0.1, -0.05) is 11.6 Å². The van der Waals surface area contributed by atoms with E-state index in [2.05, 4.69) is 4.98 Å². The molecule has 0 aliphatic heterocycles. The highest BCUT2D eigenvalue weighted by Crippen LogP contribution is 2.29. The van der Waals surface area contributed by atoms with E-state index in [1.54, 1.807) is 0 Å². The van der Waals surface area contributed by atoms with Crippen molar-refractivity contribution in [1.29, 1.82) is 0 Å². The zero-order chi connectivity index (χ0) is 18.9. The molecule has 2 aromatic rings. The standard InChI is InChI=1S/C14H8Cl2F4N2O3/c1-2-25-12(24)6-3-9(8(17)4-7(6)15)22-11(23)5-10(14(18,19)20)21-13(22)16/h3-5H,2H2,1H3. The Hall–Kier alpha value is -2.13. The highest BCUT2D eigenvalue weighted by molar-refractivity contribution is 6.33. The Morgan fingerprint density at radius 1 is 1.28 bits per heavy atom. The van der Waals surface area contributed by atoms with Gasteiger partial charge in [0.15, 0.2) is 5.69 Å². The van der Waals surface area contributed by atoms with Crippen LogP contribution < -0.4 is 5.56 Å². The van der Waals surface area contributed by atoms with Gasteiger partial charge in [0.1, 0.15) is 5.82 Å². The molecule has 11 heteroatoms. The first-order chi connectivity index (χ1) is 11.6. The number of rotatable bonds is 3. The van der Waals surface area contributed by atoms with Crippen molar-refractivity contribution in [3.8, 4) is 5.69 Å². The fourth-order valence-corrected chi connectivity index (χ4v) is 2.38. The van der Waals surface area contributed by atoms with Crippen LogP contribution in [0.4, 0.5) is 17.6 Å². The van der Waals surface area contributed by atoms with Gasteiger partial charge in [-0.15, -0.1) is 0 Å². The lowest BCUT2D eigenvalue weighted by Crippen LogP contribution is -2.24. The first kappa shape index (κ1) is 19.2. The summed E-state index contributed by atoms with van der Waals surface area (Å²) >= 11 is 11.4. The molecule has 5 nitrogen and oxygen atoms in total. The molecule has 0 amide bonds. The number of esters is 1. The van der Waals surface area contributed by atoms with Gasteiger partial charge in [-0.25, -0.2) is 18.7 Å². The fourth-order valence-electron chi connectivity index (χ4n) is 1.89. The predicted molar refractivity (Wildman–Crippen MR) is 80.8 cm³/mol. The third kappa shape index (κ3) is 3.93. The first-order valence-electron chi connectivity index (χ1n) is 6.59. The van der Waals surface area contributed by atoms with Crippen molar-refractivity contribution in [3.05, 3.63) is 55.9 Å². The van der Waals surface area contributed by atoms with Crippen LogP contribution in [0.15, 0.2) is 23.0 Å². The quantitative estimate of drug-likeness (QED) is 0.447. The van der Waals surface area contributed by atoms with Crippen molar-refractivity contribution >= 4 is 29.2 Å². The van der Waals surface area contributed by atoms with Crippen molar-refractivity contribution < 1.29 is 27.1 Å². The van der Waals surface area contributed by atoms with Gasteiger partial charge in [0, 0.05) is 6.07 Å². The van der Waals surface area contributed by atoms with Crippen LogP contribution in [0, 0.1) is 5.82 Å². The van der Waals surface area contributed by atoms with Crippen molar-refractivity contribution in [2.75, 3.05) is 6.61 Å². The highest BCUT2D eigenvalue weighted by atomic mass is 35.5. The highest BCUT2D eigenvalue weighted by Gasteiger charge is 2.34. The second-order valence-corrected chi connectivity index (χ2v) is 5.33. The SMILES string of the molecule is CCOC(=O)c1cc(-n2c(Cl)nc(C(F)(F)F)cc2=O)c(F)cc1Cl. The van der Waals surface area contributed by atoms with E-state index >= 15 is 0 Å². The van der Waals surface area contributed by atoms with Gasteiger partial charge in [-0.2, -0.15) is 13.2 Å². The topological polar surface area (TPSA) is 61.2 Å². The van der Waals surface area contributed by atoms with Crippen LogP contribution in [0.3, 0.4) is 0 Å². The van der Waals surface area contributed by atoms with E-state index in [4.69, 9.17) is 27.9 Å². The summed E-state index contributed by atoms with van der Waals surface area (Å²) in [5, 5.41) is -1.24. The number of halogens is 6. The number of carbonyl (C=O) groups excluding carboxylic acids is 1. The Morgan fingerprint density at radius 3 is 2.44 bits per heavy atom. The predicted octanol–water partition coefficient (Wildman–Crippen LogP) is 3.87. The summed E-state index contributed by atoms with van der Waals surface area (Å²) in [5.41, 5.74) is -3.70. The maximum atomic E-state index is 14.2. The molecule has 0 spiro atoms. The molecule has 0 aliphatic rings. The maximum absolute atomic E-state index is 14.2. The Balaban J connectivity index is 2.69. The maximum Gasteiger partial charge on any atom is 0.433 e. The minimum Gasteiger partial charge on any atom is -0.462 e. The Kier molecular flexibility index (Phi) is 5.38. The molecule has 0 bridgehead atoms. The van der Waals surface area contributed by atoms with Crippen LogP contribution in [0.25, 0.3) is 5.69 Å². The smallest absolute Gasteiger partial charge is 0.433 e. The summed E-state index contributed by atoms with van der Waals surface area (Å²) in [6.07, 6.45) is -4.91. The van der Waals surface area contributed by atoms with Gasteiger partial charge in [0.25, 0.3) is 5.56 Å². The van der Waals surface area contributed by atoms with Crippen molar-refractivity contribution in [2.24, 2.45) is 0 Å². The van der Waals surface area contributed by atoms with E-state index in [1.165, 1.54) is 6.92 Å². The molecule has 2 rings (SSSR count). The summed E-state index contributed by atoms with van der Waals surface area (Å²) in [4.78, 5) is 26.8. The number of alkyl halides is 3. The summed E-state index contributed by atoms with van der Waals surface area (Å²) in [6, 6.07) is 1.71. The molecule has 0 N–H and O–H groups in total. The Morgan fingerprint density at radius 2 is 1.92 bits per heavy atom. The average Bonchev–Trinajstić information content (AvgIpc) is 2.47. The van der Waals surface area contributed by atoms with E-state index in [0.717, 1.165) is 6.07 Å². The molecule has 0 fully saturated rings. The van der Waals surface area contributed by atoms with Crippen LogP contribution in [-0.4, -0.2) is 22.1 Å². The van der Waals surface area contributed by atoms with Gasteiger partial charge in [-0.3, -0.25) is 4.79 Å². The fraction of sp³-hybridized carbons (Fsp3) is 0.214. The molecule has 1 aromatic carbocycles. The zero-order valence-corrected chi connectivity index (χ0v) is 13.8. The summed E-state index contributed by atoms with van der Waals surface area (Å²) < 4.78 is 57.2. The average molecular weight is 399 g/mol. The van der Waals surface area contributed by atoms with Gasteiger partial charge < -0.3 is 4.74 Å². The molecular formula is C14H8Cl2F4N2O3. The number of nitrogens with zero attached hydrogens (tertiary/aromatic N) is 2. The van der Waals surface area contributed by atoms with Gasteiger partial charge in [-0.05, 0) is 30.7 Å². The molecule has 134 valence electrons. The van der Waals surface area contributed by atoms with E-state index in [9.17, 15) is 27.2 Å². The number of benzene rings is 1. The minimum absolute atomic E-state index is 0.00438. The molecule has 0 atom stereocenters. The van der Waals surface area contributed by atoms with Crippen LogP contribution in [0.5, 0.6) is 0 Å². The van der Waals surface area contributed by atoms with Crippen molar-refractivity contribution in [3.63, 3.8) is 0 Å². The lowest BCUT2D eigenvalue weighted by Gasteiger charge is -2.13. The zero-order valence-electron chi connectivity index (χ0n) is 12.3. The second-order valence-electron chi connectivity index (χ2n) is 4.59. The lowest BCUT2D eigenvalue weighted by molar-refractivity contribution is -0.141. The Bertz CT molecular complexity index is 897. The Labute approximate surface area is 147 Å². The van der Waals surface area contributed by atoms with Crippen LogP contribution >= 0.6 is 23.2 Å². The number of hydrogen-bond donors (Lipinski definition) is 0. The first-order valence-corrected chi connectivity index (χ1v) is 7.35. The van der Waals surface area contributed by atoms with Gasteiger partial charge in [0.2, 0.25) is 5.28 Å². The van der Waals surface area contributed by atoms with E-state index in [1.807, 2.05) is 0 Å². The van der Waals surface area contributed by atoms with Crippen LogP contribution in [0.1, 0.15) is 23.0 Å². The molecule has 25 heavy (non-hydrogen) atoms. The van der Waals surface area contributed by atoms with E-state index in [0.29, 0.717) is 10.6 Å². The van der Waals surface area contributed by atoms with Crippen LogP contribution in [0.2, 0.25) is 10.3 Å². The van der Waals surface area contributed by atoms with Gasteiger partial charge >= 0.3 is 12.1 Å². The van der Waals surface area contributed by atoms with Crippen molar-refractivity contribution in [2.45, 2.75) is 13.1 Å². The number of ether oxygens (including phenoxy) is 1. The van der Waals surface area contributed by atoms with Gasteiger partial charge in [0.05, 0.1) is 22.9 Å². The minimum atomic E-state index is -4.91. The van der Waals surface area contributed by atoms with Crippen LogP contribution in [-0.2, 0) is 10.9 Å². The summed E-state index contributed by atoms with van der Waals surface area (Å²) in [6.45, 7) is 1.53. The van der Waals surface area contributed by atoms with E-state index in [-0.39, 0.29) is 23.3 Å². The van der Waals surface area contributed by atoms with Crippen molar-refractivity contribution in [1.82, 2.24) is 9.55 Å². The molecular weight excluding hydrogens is 391 g/mol. The monoisotopic (exact) mass is 398 g/mol. The molecule has 0 aliphatic carbocycles. The normalized spacial score (nSPS) is 11.5. The molecule has 0 unspecified atom stereocenters. The third-order valence-corrected chi connectivity index (χ3v) is 3.51. The molecule has 0 radical (unpaired) electrons. The molecule has 0 saturated carbocycles. The number of aromatic nitrogens is 2. The number of hydrogen-bond acceptors (Lipinski definition) is 4. The summed E-state index contributed by atoms with van der Waals surface area (Å²) in [5.74, 6) is -2.00. The molecule has 1 heterocycles. The summed E-state index contributed by atoms with van der Waals surface area (Å²) in [7, 11) is 0. The largest absolute Gasteiger partial charge is 0.462 e. The second kappa shape index (κ2) is 7.01.